The van der Waals surface area contributed by atoms with E-state index < -0.39 is 11.3 Å². The molecule has 0 spiro atoms. The quantitative estimate of drug-likeness (QED) is 0.780. The van der Waals surface area contributed by atoms with E-state index in [0.29, 0.717) is 16.6 Å². The minimum absolute atomic E-state index is 0.0332. The number of benzene rings is 1. The van der Waals surface area contributed by atoms with Crippen molar-refractivity contribution in [2.75, 3.05) is 5.73 Å². The number of pyridine rings is 1. The molecule has 1 amide bonds. The van der Waals surface area contributed by atoms with Crippen LogP contribution < -0.4 is 16.9 Å². The number of hydrogen-bond acceptors (Lipinski definition) is 3. The number of nitrogens with two attached hydrogens (primary N) is 2. The SMILES string of the molecule is CC(C)n1cc(C(N)=O)c(=O)c2c(N)cccc21. The van der Waals surface area contributed by atoms with Crippen molar-refractivity contribution in [3.63, 3.8) is 0 Å². The van der Waals surface area contributed by atoms with E-state index in [2.05, 4.69) is 0 Å². The maximum absolute atomic E-state index is 12.2. The molecule has 0 atom stereocenters. The van der Waals surface area contributed by atoms with Crippen LogP contribution in [0.4, 0.5) is 5.69 Å². The molecule has 4 N–H and O–H groups in total. The van der Waals surface area contributed by atoms with Crippen molar-refractivity contribution < 1.29 is 4.79 Å². The van der Waals surface area contributed by atoms with E-state index in [0.717, 1.165) is 0 Å². The predicted molar refractivity (Wildman–Crippen MR) is 71.5 cm³/mol. The van der Waals surface area contributed by atoms with Gasteiger partial charge >= 0.3 is 0 Å². The van der Waals surface area contributed by atoms with E-state index >= 15 is 0 Å². The van der Waals surface area contributed by atoms with Crippen LogP contribution in [0, 0.1) is 0 Å². The number of anilines is 1. The van der Waals surface area contributed by atoms with Gasteiger partial charge in [0.15, 0.2) is 0 Å². The summed E-state index contributed by atoms with van der Waals surface area (Å²) in [4.78, 5) is 23.5. The van der Waals surface area contributed by atoms with Gasteiger partial charge in [-0.1, -0.05) is 6.07 Å². The lowest BCUT2D eigenvalue weighted by Crippen LogP contribution is -2.25. The summed E-state index contributed by atoms with van der Waals surface area (Å²) < 4.78 is 1.83. The molecule has 2 rings (SSSR count). The molecule has 0 radical (unpaired) electrons. The van der Waals surface area contributed by atoms with Crippen LogP contribution >= 0.6 is 0 Å². The van der Waals surface area contributed by atoms with Crippen LogP contribution in [0.1, 0.15) is 30.2 Å². The standard InChI is InChI=1S/C13H15N3O2/c1-7(2)16-6-8(13(15)18)12(17)11-9(14)4-3-5-10(11)16/h3-7H,14H2,1-2H3,(H2,15,18). The molecule has 5 nitrogen and oxygen atoms in total. The summed E-state index contributed by atoms with van der Waals surface area (Å²) in [5.41, 5.74) is 11.7. The summed E-state index contributed by atoms with van der Waals surface area (Å²) in [6.07, 6.45) is 1.50. The molecule has 0 unspecified atom stereocenters. The maximum atomic E-state index is 12.2. The molecule has 0 fully saturated rings. The zero-order valence-electron chi connectivity index (χ0n) is 10.3. The molecular formula is C13H15N3O2. The highest BCUT2D eigenvalue weighted by Crippen LogP contribution is 2.21. The second kappa shape index (κ2) is 4.18. The van der Waals surface area contributed by atoms with Crippen LogP contribution in [0.3, 0.4) is 0 Å². The minimum Gasteiger partial charge on any atom is -0.398 e. The zero-order chi connectivity index (χ0) is 13.4. The van der Waals surface area contributed by atoms with Crippen LogP contribution in [-0.4, -0.2) is 10.5 Å². The lowest BCUT2D eigenvalue weighted by molar-refractivity contribution is 0.0998. The Kier molecular flexibility index (Phi) is 2.82. The fourth-order valence-corrected chi connectivity index (χ4v) is 2.02. The van der Waals surface area contributed by atoms with Gasteiger partial charge in [0, 0.05) is 17.9 Å². The first kappa shape index (κ1) is 12.2. The Hall–Kier alpha value is -2.30. The monoisotopic (exact) mass is 245 g/mol. The largest absolute Gasteiger partial charge is 0.398 e. The Morgan fingerprint density at radius 3 is 2.56 bits per heavy atom. The molecule has 0 bridgehead atoms. The van der Waals surface area contributed by atoms with Crippen molar-refractivity contribution in [2.24, 2.45) is 5.73 Å². The summed E-state index contributed by atoms with van der Waals surface area (Å²) in [5, 5.41) is 0.350. The van der Waals surface area contributed by atoms with Crippen LogP contribution in [0.15, 0.2) is 29.2 Å². The van der Waals surface area contributed by atoms with Crippen molar-refractivity contribution in [3.05, 3.63) is 40.2 Å². The fraction of sp³-hybridized carbons (Fsp3) is 0.231. The van der Waals surface area contributed by atoms with Gasteiger partial charge in [0.05, 0.1) is 10.9 Å². The number of amides is 1. The molecule has 1 aromatic carbocycles. The van der Waals surface area contributed by atoms with Gasteiger partial charge in [-0.15, -0.1) is 0 Å². The van der Waals surface area contributed by atoms with Gasteiger partial charge in [0.25, 0.3) is 5.91 Å². The molecular weight excluding hydrogens is 230 g/mol. The van der Waals surface area contributed by atoms with Crippen LogP contribution in [-0.2, 0) is 0 Å². The number of aromatic nitrogens is 1. The van der Waals surface area contributed by atoms with Crippen LogP contribution in [0.25, 0.3) is 10.9 Å². The second-order valence-electron chi connectivity index (χ2n) is 4.48. The van der Waals surface area contributed by atoms with E-state index in [1.165, 1.54) is 6.20 Å². The average Bonchev–Trinajstić information content (AvgIpc) is 2.28. The summed E-state index contributed by atoms with van der Waals surface area (Å²) in [6, 6.07) is 5.31. The molecule has 0 aliphatic heterocycles. The van der Waals surface area contributed by atoms with E-state index in [4.69, 9.17) is 11.5 Å². The zero-order valence-corrected chi connectivity index (χ0v) is 10.3. The highest BCUT2D eigenvalue weighted by molar-refractivity contribution is 5.99. The van der Waals surface area contributed by atoms with E-state index in [-0.39, 0.29) is 11.6 Å². The molecule has 1 aromatic heterocycles. The van der Waals surface area contributed by atoms with Gasteiger partial charge in [-0.2, -0.15) is 0 Å². The first-order chi connectivity index (χ1) is 8.43. The van der Waals surface area contributed by atoms with Gasteiger partial charge in [-0.05, 0) is 26.0 Å². The number of nitrogen functional groups attached to an aromatic ring is 1. The normalized spacial score (nSPS) is 11.1. The molecule has 94 valence electrons. The number of fused-ring (bicyclic) bond motifs is 1. The summed E-state index contributed by atoms with van der Waals surface area (Å²) in [5.74, 6) is -0.737. The molecule has 0 aliphatic carbocycles. The molecule has 1 heterocycles. The van der Waals surface area contributed by atoms with Gasteiger partial charge < -0.3 is 16.0 Å². The Balaban J connectivity index is 3.03. The third-order valence-corrected chi connectivity index (χ3v) is 2.91. The van der Waals surface area contributed by atoms with Crippen LogP contribution in [0.2, 0.25) is 0 Å². The van der Waals surface area contributed by atoms with Crippen molar-refractivity contribution in [3.8, 4) is 0 Å². The molecule has 0 saturated carbocycles. The molecule has 0 saturated heterocycles. The van der Waals surface area contributed by atoms with Gasteiger partial charge in [0.1, 0.15) is 5.56 Å². The highest BCUT2D eigenvalue weighted by atomic mass is 16.2. The first-order valence-corrected chi connectivity index (χ1v) is 5.66. The number of nitrogens with zero attached hydrogens (tertiary/aromatic N) is 1. The number of hydrogen-bond donors (Lipinski definition) is 2. The molecule has 0 aliphatic rings. The van der Waals surface area contributed by atoms with Crippen molar-refractivity contribution >= 4 is 22.5 Å². The first-order valence-electron chi connectivity index (χ1n) is 5.66. The van der Waals surface area contributed by atoms with E-state index in [1.807, 2.05) is 18.4 Å². The van der Waals surface area contributed by atoms with E-state index in [9.17, 15) is 9.59 Å². The maximum Gasteiger partial charge on any atom is 0.254 e. The number of carbonyl (C=O) groups is 1. The molecule has 5 heteroatoms. The van der Waals surface area contributed by atoms with Crippen molar-refractivity contribution in [2.45, 2.75) is 19.9 Å². The number of rotatable bonds is 2. The van der Waals surface area contributed by atoms with Gasteiger partial charge in [-0.3, -0.25) is 9.59 Å². The summed E-state index contributed by atoms with van der Waals surface area (Å²) in [7, 11) is 0. The third-order valence-electron chi connectivity index (χ3n) is 2.91. The molecule has 2 aromatic rings. The number of primary amides is 1. The summed E-state index contributed by atoms with van der Waals surface area (Å²) in [6.45, 7) is 3.91. The lowest BCUT2D eigenvalue weighted by Gasteiger charge is -2.16. The highest BCUT2D eigenvalue weighted by Gasteiger charge is 2.15. The second-order valence-corrected chi connectivity index (χ2v) is 4.48. The predicted octanol–water partition coefficient (Wildman–Crippen LogP) is 1.26. The third kappa shape index (κ3) is 1.73. The van der Waals surface area contributed by atoms with Gasteiger partial charge in [0.2, 0.25) is 5.43 Å². The Labute approximate surface area is 104 Å². The Morgan fingerprint density at radius 2 is 2.00 bits per heavy atom. The average molecular weight is 245 g/mol. The van der Waals surface area contributed by atoms with Gasteiger partial charge in [-0.25, -0.2) is 0 Å². The molecule has 18 heavy (non-hydrogen) atoms. The minimum atomic E-state index is -0.737. The topological polar surface area (TPSA) is 91.1 Å². The van der Waals surface area contributed by atoms with Crippen LogP contribution in [0.5, 0.6) is 0 Å². The van der Waals surface area contributed by atoms with Crippen molar-refractivity contribution in [1.29, 1.82) is 0 Å². The fourth-order valence-electron chi connectivity index (χ4n) is 2.02. The Morgan fingerprint density at radius 1 is 1.33 bits per heavy atom. The van der Waals surface area contributed by atoms with E-state index in [1.54, 1.807) is 18.2 Å². The summed E-state index contributed by atoms with van der Waals surface area (Å²) >= 11 is 0. The lowest BCUT2D eigenvalue weighted by atomic mass is 10.1. The Bertz CT molecular complexity index is 686. The smallest absolute Gasteiger partial charge is 0.254 e. The van der Waals surface area contributed by atoms with Crippen molar-refractivity contribution in [1.82, 2.24) is 4.57 Å². The number of carbonyl (C=O) groups excluding carboxylic acids is 1.